The van der Waals surface area contributed by atoms with Crippen LogP contribution in [0.4, 0.5) is 4.39 Å². The third-order valence-corrected chi connectivity index (χ3v) is 6.05. The fourth-order valence-electron chi connectivity index (χ4n) is 3.63. The number of fused-ring (bicyclic) bond motifs is 1. The zero-order chi connectivity index (χ0) is 18.6. The number of hydrogen-bond acceptors (Lipinski definition) is 4. The summed E-state index contributed by atoms with van der Waals surface area (Å²) < 4.78 is 23.9. The lowest BCUT2D eigenvalue weighted by molar-refractivity contribution is -0.131. The predicted octanol–water partition coefficient (Wildman–Crippen LogP) is 4.62. The summed E-state index contributed by atoms with van der Waals surface area (Å²) in [5, 5.41) is 0. The van der Waals surface area contributed by atoms with Gasteiger partial charge in [-0.25, -0.2) is 4.39 Å². The van der Waals surface area contributed by atoms with E-state index in [1.54, 1.807) is 12.1 Å². The second kappa shape index (κ2) is 8.21. The van der Waals surface area contributed by atoms with Gasteiger partial charge >= 0.3 is 0 Å². The number of thioether (sulfide) groups is 1. The Hall–Kier alpha value is -2.21. The van der Waals surface area contributed by atoms with E-state index in [2.05, 4.69) is 0 Å². The van der Waals surface area contributed by atoms with Crippen LogP contribution < -0.4 is 9.47 Å². The van der Waals surface area contributed by atoms with Crippen LogP contribution >= 0.6 is 11.8 Å². The van der Waals surface area contributed by atoms with Crippen molar-refractivity contribution in [1.29, 1.82) is 0 Å². The Bertz CT molecular complexity index is 806. The highest BCUT2D eigenvalue weighted by molar-refractivity contribution is 8.00. The van der Waals surface area contributed by atoms with Crippen molar-refractivity contribution in [3.63, 3.8) is 0 Å². The van der Waals surface area contributed by atoms with Crippen molar-refractivity contribution >= 4 is 17.7 Å². The molecule has 1 fully saturated rings. The second-order valence-corrected chi connectivity index (χ2v) is 7.94. The quantitative estimate of drug-likeness (QED) is 0.678. The first-order valence-corrected chi connectivity index (χ1v) is 10.2. The van der Waals surface area contributed by atoms with Gasteiger partial charge < -0.3 is 14.4 Å². The SMILES string of the molecule is O=C(CSc1ccc(F)cc1)N(Cc1ccc2c(c1)OCO2)C1CCCC1. The molecule has 0 atom stereocenters. The van der Waals surface area contributed by atoms with E-state index in [1.165, 1.54) is 36.7 Å². The molecule has 1 aliphatic carbocycles. The van der Waals surface area contributed by atoms with Crippen LogP contribution in [-0.2, 0) is 11.3 Å². The highest BCUT2D eigenvalue weighted by Crippen LogP contribution is 2.34. The first-order chi connectivity index (χ1) is 13.2. The summed E-state index contributed by atoms with van der Waals surface area (Å²) in [6.45, 7) is 0.822. The third-order valence-electron chi connectivity index (χ3n) is 5.05. The molecule has 2 aromatic carbocycles. The number of carbonyl (C=O) groups excluding carboxylic acids is 1. The molecule has 1 saturated carbocycles. The molecule has 27 heavy (non-hydrogen) atoms. The van der Waals surface area contributed by atoms with Crippen LogP contribution in [0.3, 0.4) is 0 Å². The van der Waals surface area contributed by atoms with Crippen molar-refractivity contribution in [2.75, 3.05) is 12.5 Å². The number of rotatable bonds is 6. The minimum atomic E-state index is -0.263. The predicted molar refractivity (Wildman–Crippen MR) is 102 cm³/mol. The molecule has 1 amide bonds. The zero-order valence-corrected chi connectivity index (χ0v) is 15.8. The van der Waals surface area contributed by atoms with E-state index in [9.17, 15) is 9.18 Å². The first-order valence-electron chi connectivity index (χ1n) is 9.25. The maximum absolute atomic E-state index is 13.1. The molecule has 1 heterocycles. The molecular formula is C21H22FNO3S. The lowest BCUT2D eigenvalue weighted by Gasteiger charge is -2.29. The summed E-state index contributed by atoms with van der Waals surface area (Å²) in [6, 6.07) is 12.4. The van der Waals surface area contributed by atoms with E-state index in [1.807, 2.05) is 23.1 Å². The van der Waals surface area contributed by atoms with Gasteiger partial charge in [0.2, 0.25) is 12.7 Å². The molecule has 0 bridgehead atoms. The normalized spacial score (nSPS) is 15.9. The van der Waals surface area contributed by atoms with Gasteiger partial charge in [0, 0.05) is 17.5 Å². The van der Waals surface area contributed by atoms with E-state index < -0.39 is 0 Å². The van der Waals surface area contributed by atoms with Gasteiger partial charge in [0.25, 0.3) is 0 Å². The summed E-state index contributed by atoms with van der Waals surface area (Å²) in [4.78, 5) is 15.9. The molecule has 0 aromatic heterocycles. The van der Waals surface area contributed by atoms with E-state index >= 15 is 0 Å². The fourth-order valence-corrected chi connectivity index (χ4v) is 4.42. The first kappa shape index (κ1) is 18.2. The van der Waals surface area contributed by atoms with Crippen LogP contribution in [0.15, 0.2) is 47.4 Å². The van der Waals surface area contributed by atoms with Crippen LogP contribution in [0.1, 0.15) is 31.2 Å². The Morgan fingerprint density at radius 3 is 2.59 bits per heavy atom. The highest BCUT2D eigenvalue weighted by Gasteiger charge is 2.27. The Morgan fingerprint density at radius 1 is 1.07 bits per heavy atom. The molecule has 2 aliphatic rings. The molecule has 0 N–H and O–H groups in total. The Balaban J connectivity index is 1.45. The molecule has 6 heteroatoms. The molecular weight excluding hydrogens is 365 g/mol. The van der Waals surface area contributed by atoms with Crippen molar-refractivity contribution in [3.05, 3.63) is 53.8 Å². The Kier molecular flexibility index (Phi) is 5.53. The van der Waals surface area contributed by atoms with Crippen molar-refractivity contribution < 1.29 is 18.7 Å². The molecule has 1 aliphatic heterocycles. The van der Waals surface area contributed by atoms with Crippen molar-refractivity contribution in [1.82, 2.24) is 4.90 Å². The van der Waals surface area contributed by atoms with Gasteiger partial charge in [0.15, 0.2) is 11.5 Å². The molecule has 4 rings (SSSR count). The Morgan fingerprint density at radius 2 is 1.81 bits per heavy atom. The minimum Gasteiger partial charge on any atom is -0.454 e. The summed E-state index contributed by atoms with van der Waals surface area (Å²) in [6.07, 6.45) is 4.44. The maximum Gasteiger partial charge on any atom is 0.233 e. The molecule has 0 saturated heterocycles. The summed E-state index contributed by atoms with van der Waals surface area (Å²) in [7, 11) is 0. The number of ether oxygens (including phenoxy) is 2. The standard InChI is InChI=1S/C21H22FNO3S/c22-16-6-8-18(9-7-16)27-13-21(24)23(17-3-1-2-4-17)12-15-5-10-19-20(11-15)26-14-25-19/h5-11,17H,1-4,12-14H2. The number of nitrogens with zero attached hydrogens (tertiary/aromatic N) is 1. The van der Waals surface area contributed by atoms with Gasteiger partial charge in [-0.3, -0.25) is 4.79 Å². The van der Waals surface area contributed by atoms with Gasteiger partial charge in [0.05, 0.1) is 5.75 Å². The van der Waals surface area contributed by atoms with Crippen molar-refractivity contribution in [2.24, 2.45) is 0 Å². The van der Waals surface area contributed by atoms with Crippen LogP contribution in [0, 0.1) is 5.82 Å². The molecule has 0 unspecified atom stereocenters. The summed E-state index contributed by atoms with van der Waals surface area (Å²) in [5.41, 5.74) is 1.05. The van der Waals surface area contributed by atoms with E-state index in [4.69, 9.17) is 9.47 Å². The zero-order valence-electron chi connectivity index (χ0n) is 15.0. The average Bonchev–Trinajstić information content (AvgIpc) is 3.36. The van der Waals surface area contributed by atoms with Crippen LogP contribution in [-0.4, -0.2) is 29.4 Å². The summed E-state index contributed by atoms with van der Waals surface area (Å²) in [5.74, 6) is 1.71. The lowest BCUT2D eigenvalue weighted by Crippen LogP contribution is -2.39. The topological polar surface area (TPSA) is 38.8 Å². The number of amides is 1. The van der Waals surface area contributed by atoms with Crippen LogP contribution in [0.2, 0.25) is 0 Å². The maximum atomic E-state index is 13.1. The van der Waals surface area contributed by atoms with Gasteiger partial charge in [-0.2, -0.15) is 0 Å². The van der Waals surface area contributed by atoms with Gasteiger partial charge in [-0.1, -0.05) is 18.9 Å². The van der Waals surface area contributed by atoms with E-state index in [-0.39, 0.29) is 24.6 Å². The van der Waals surface area contributed by atoms with Crippen LogP contribution in [0.25, 0.3) is 0 Å². The number of benzene rings is 2. The molecule has 4 nitrogen and oxygen atoms in total. The van der Waals surface area contributed by atoms with Gasteiger partial charge in [0.1, 0.15) is 5.82 Å². The largest absolute Gasteiger partial charge is 0.454 e. The van der Waals surface area contributed by atoms with Gasteiger partial charge in [-0.15, -0.1) is 11.8 Å². The monoisotopic (exact) mass is 387 g/mol. The summed E-state index contributed by atoms with van der Waals surface area (Å²) >= 11 is 1.45. The highest BCUT2D eigenvalue weighted by atomic mass is 32.2. The number of hydrogen-bond donors (Lipinski definition) is 0. The van der Waals surface area contributed by atoms with Gasteiger partial charge in [-0.05, 0) is 54.8 Å². The molecule has 2 aromatic rings. The molecule has 142 valence electrons. The smallest absolute Gasteiger partial charge is 0.233 e. The third kappa shape index (κ3) is 4.38. The lowest BCUT2D eigenvalue weighted by atomic mass is 10.1. The molecule has 0 spiro atoms. The van der Waals surface area contributed by atoms with Crippen molar-refractivity contribution in [2.45, 2.75) is 43.2 Å². The Labute approximate surface area is 162 Å². The van der Waals surface area contributed by atoms with Crippen LogP contribution in [0.5, 0.6) is 11.5 Å². The number of halogens is 1. The number of carbonyl (C=O) groups is 1. The van der Waals surface area contributed by atoms with E-state index in [0.717, 1.165) is 34.8 Å². The fraction of sp³-hybridized carbons (Fsp3) is 0.381. The minimum absolute atomic E-state index is 0.119. The molecule has 0 radical (unpaired) electrons. The average molecular weight is 387 g/mol. The van der Waals surface area contributed by atoms with E-state index in [0.29, 0.717) is 12.3 Å². The second-order valence-electron chi connectivity index (χ2n) is 6.89. The van der Waals surface area contributed by atoms with Crippen molar-refractivity contribution in [3.8, 4) is 11.5 Å².